The second-order valence-electron chi connectivity index (χ2n) is 14.9. The second-order valence-corrected chi connectivity index (χ2v) is 17.7. The molecule has 0 aliphatic carbocycles. The summed E-state index contributed by atoms with van der Waals surface area (Å²) in [5.74, 6) is 0.147. The zero-order valence-electron chi connectivity index (χ0n) is 28.4. The largest absolute Gasteiger partial charge is 0.505 e. The van der Waals surface area contributed by atoms with Crippen molar-refractivity contribution in [2.75, 3.05) is 0 Å². The van der Waals surface area contributed by atoms with E-state index < -0.39 is 12.6 Å². The van der Waals surface area contributed by atoms with Crippen LogP contribution in [0.2, 0.25) is 0 Å². The third-order valence-electron chi connectivity index (χ3n) is 9.19. The monoisotopic (exact) mass is 641 g/mol. The summed E-state index contributed by atoms with van der Waals surface area (Å²) in [5, 5.41) is 24.0. The average Bonchev–Trinajstić information content (AvgIpc) is 3.48. The lowest BCUT2D eigenvalue weighted by Crippen LogP contribution is -2.27. The van der Waals surface area contributed by atoms with Crippen LogP contribution in [0.3, 0.4) is 0 Å². The van der Waals surface area contributed by atoms with E-state index in [2.05, 4.69) is 66.7 Å². The Morgan fingerprint density at radius 3 is 1.70 bits per heavy atom. The molecule has 0 atom stereocenters. The third-order valence-corrected chi connectivity index (χ3v) is 12.3. The molecule has 0 bridgehead atoms. The number of benzene rings is 5. The van der Waals surface area contributed by atoms with Crippen LogP contribution in [0.4, 0.5) is 0 Å². The summed E-state index contributed by atoms with van der Waals surface area (Å²) in [6.45, 7) is 15.6. The van der Waals surface area contributed by atoms with E-state index >= 15 is 4.57 Å². The predicted octanol–water partition coefficient (Wildman–Crippen LogP) is 8.81. The fraction of sp³-hybridized carbons (Fsp3) is 0.268. The van der Waals surface area contributed by atoms with E-state index in [4.69, 9.17) is 10.2 Å². The van der Waals surface area contributed by atoms with Gasteiger partial charge in [0, 0.05) is 26.9 Å². The van der Waals surface area contributed by atoms with E-state index in [1.165, 1.54) is 0 Å². The van der Waals surface area contributed by atoms with Gasteiger partial charge in [0.05, 0.1) is 0 Å². The first-order valence-corrected chi connectivity index (χ1v) is 17.9. The number of fused-ring (bicyclic) bond motifs is 1. The first-order chi connectivity index (χ1) is 22.2. The summed E-state index contributed by atoms with van der Waals surface area (Å²) in [6, 6.07) is 39.4. The molecule has 1 N–H and O–H groups in total. The molecule has 6 heteroatoms. The highest BCUT2D eigenvalue weighted by atomic mass is 31.2. The molecule has 0 amide bonds. The topological polar surface area (TPSA) is 68.0 Å². The molecule has 5 nitrogen and oxygen atoms in total. The number of hydrogen-bond donors (Lipinski definition) is 1. The SMILES string of the molecule is CC(C)(C)CC(C)(C)c1cc(-n2nc3ccc(P(=O)(c4ccccc4)c4ccccc4)cc3n2)c(O)c(C(C)(C)c2ccccc2)c1. The summed E-state index contributed by atoms with van der Waals surface area (Å²) in [6.07, 6.45) is 0.946. The highest BCUT2D eigenvalue weighted by Crippen LogP contribution is 2.45. The number of rotatable bonds is 8. The number of aromatic nitrogens is 3. The maximum absolute atomic E-state index is 15.1. The Balaban J connectivity index is 1.54. The van der Waals surface area contributed by atoms with Gasteiger partial charge in [0.1, 0.15) is 22.5 Å². The lowest BCUT2D eigenvalue weighted by atomic mass is 9.70. The molecule has 0 aliphatic rings. The number of aromatic hydroxyl groups is 1. The molecular formula is C41H44N3O2P. The van der Waals surface area contributed by atoms with Crippen LogP contribution in [-0.4, -0.2) is 20.1 Å². The standard InChI is InChI=1S/C41H44N3O2P/c1-39(2,3)28-40(4,5)30-25-34(41(6,7)29-17-11-8-12-18-29)38(45)37(26-30)44-42-35-24-23-33(27-36(35)43-44)47(46,31-19-13-9-14-20-31)32-21-15-10-16-22-32/h8-27,45H,28H2,1-7H3. The summed E-state index contributed by atoms with van der Waals surface area (Å²) < 4.78 is 15.1. The Kier molecular flexibility index (Phi) is 8.26. The van der Waals surface area contributed by atoms with Gasteiger partial charge in [0.15, 0.2) is 7.14 Å². The molecule has 0 saturated heterocycles. The molecule has 0 radical (unpaired) electrons. The minimum Gasteiger partial charge on any atom is -0.505 e. The smallest absolute Gasteiger partial charge is 0.171 e. The van der Waals surface area contributed by atoms with Crippen molar-refractivity contribution >= 4 is 34.1 Å². The lowest BCUT2D eigenvalue weighted by molar-refractivity contribution is 0.283. The summed E-state index contributed by atoms with van der Waals surface area (Å²) in [7, 11) is -3.19. The van der Waals surface area contributed by atoms with E-state index in [9.17, 15) is 5.11 Å². The van der Waals surface area contributed by atoms with Crippen molar-refractivity contribution in [3.8, 4) is 11.4 Å². The molecule has 0 unspecified atom stereocenters. The summed E-state index contributed by atoms with van der Waals surface area (Å²) in [5.41, 5.74) is 4.23. The number of nitrogens with zero attached hydrogens (tertiary/aromatic N) is 3. The van der Waals surface area contributed by atoms with Gasteiger partial charge in [0.2, 0.25) is 0 Å². The van der Waals surface area contributed by atoms with Gasteiger partial charge in [-0.3, -0.25) is 0 Å². The van der Waals surface area contributed by atoms with Crippen LogP contribution in [0, 0.1) is 5.41 Å². The molecule has 47 heavy (non-hydrogen) atoms. The minimum absolute atomic E-state index is 0.0944. The number of hydrogen-bond acceptors (Lipinski definition) is 4. The zero-order valence-corrected chi connectivity index (χ0v) is 29.3. The summed E-state index contributed by atoms with van der Waals surface area (Å²) in [4.78, 5) is 1.54. The second kappa shape index (κ2) is 12.0. The maximum Gasteiger partial charge on any atom is 0.171 e. The van der Waals surface area contributed by atoms with E-state index in [0.29, 0.717) is 22.0 Å². The number of phenols is 1. The van der Waals surface area contributed by atoms with Gasteiger partial charge in [-0.05, 0) is 52.6 Å². The van der Waals surface area contributed by atoms with Crippen LogP contribution in [0.25, 0.3) is 16.7 Å². The molecule has 0 spiro atoms. The maximum atomic E-state index is 15.1. The van der Waals surface area contributed by atoms with Gasteiger partial charge in [-0.15, -0.1) is 15.0 Å². The quantitative estimate of drug-likeness (QED) is 0.169. The van der Waals surface area contributed by atoms with Crippen LogP contribution in [0.5, 0.6) is 5.75 Å². The van der Waals surface area contributed by atoms with E-state index in [1.807, 2.05) is 103 Å². The van der Waals surface area contributed by atoms with Gasteiger partial charge in [0.25, 0.3) is 0 Å². The van der Waals surface area contributed by atoms with Crippen LogP contribution in [-0.2, 0) is 15.4 Å². The van der Waals surface area contributed by atoms with Crippen molar-refractivity contribution in [2.24, 2.45) is 5.41 Å². The Morgan fingerprint density at radius 1 is 0.617 bits per heavy atom. The van der Waals surface area contributed by atoms with Gasteiger partial charge in [-0.2, -0.15) is 0 Å². The molecule has 0 aliphatic heterocycles. The average molecular weight is 642 g/mol. The van der Waals surface area contributed by atoms with Gasteiger partial charge >= 0.3 is 0 Å². The fourth-order valence-electron chi connectivity index (χ4n) is 7.01. The van der Waals surface area contributed by atoms with Crippen LogP contribution in [0.1, 0.15) is 71.6 Å². The molecule has 6 rings (SSSR count). The molecule has 0 saturated carbocycles. The molecule has 5 aromatic carbocycles. The molecule has 1 heterocycles. The number of phenolic OH excluding ortho intramolecular Hbond substituents is 1. The van der Waals surface area contributed by atoms with Crippen LogP contribution >= 0.6 is 7.14 Å². The van der Waals surface area contributed by atoms with Crippen molar-refractivity contribution < 1.29 is 9.67 Å². The Bertz CT molecular complexity index is 2030. The predicted molar refractivity (Wildman–Crippen MR) is 196 cm³/mol. The van der Waals surface area contributed by atoms with Crippen LogP contribution in [0.15, 0.2) is 121 Å². The van der Waals surface area contributed by atoms with Gasteiger partial charge in [-0.25, -0.2) is 0 Å². The Morgan fingerprint density at radius 2 is 1.15 bits per heavy atom. The lowest BCUT2D eigenvalue weighted by Gasteiger charge is -2.35. The van der Waals surface area contributed by atoms with Crippen molar-refractivity contribution in [3.05, 3.63) is 138 Å². The van der Waals surface area contributed by atoms with Crippen molar-refractivity contribution in [3.63, 3.8) is 0 Å². The normalized spacial score (nSPS) is 12.8. The molecule has 240 valence electrons. The van der Waals surface area contributed by atoms with Crippen molar-refractivity contribution in [1.29, 1.82) is 0 Å². The Hall–Kier alpha value is -4.47. The highest BCUT2D eigenvalue weighted by Gasteiger charge is 2.34. The minimum atomic E-state index is -3.19. The summed E-state index contributed by atoms with van der Waals surface area (Å²) >= 11 is 0. The van der Waals surface area contributed by atoms with E-state index in [0.717, 1.165) is 33.7 Å². The van der Waals surface area contributed by atoms with Gasteiger partial charge in [-0.1, -0.05) is 146 Å². The first kappa shape index (κ1) is 32.5. The molecule has 0 fully saturated rings. The fourth-order valence-corrected chi connectivity index (χ4v) is 9.67. The van der Waals surface area contributed by atoms with Crippen LogP contribution < -0.4 is 15.9 Å². The van der Waals surface area contributed by atoms with Crippen molar-refractivity contribution in [2.45, 2.75) is 65.7 Å². The Labute approximate surface area is 278 Å². The zero-order chi connectivity index (χ0) is 33.6. The molecule has 1 aromatic heterocycles. The first-order valence-electron chi connectivity index (χ1n) is 16.2. The molecular weight excluding hydrogens is 597 g/mol. The highest BCUT2D eigenvalue weighted by molar-refractivity contribution is 7.85. The van der Waals surface area contributed by atoms with E-state index in [1.54, 1.807) is 4.80 Å². The van der Waals surface area contributed by atoms with Gasteiger partial charge < -0.3 is 9.67 Å². The van der Waals surface area contributed by atoms with Crippen molar-refractivity contribution in [1.82, 2.24) is 15.0 Å². The third kappa shape index (κ3) is 6.17. The van der Waals surface area contributed by atoms with E-state index in [-0.39, 0.29) is 16.6 Å². The molecule has 6 aromatic rings.